The molecule has 1 unspecified atom stereocenters. The Morgan fingerprint density at radius 3 is 2.92 bits per heavy atom. The molecule has 1 N–H and O–H groups in total. The molecular formula is C8H12BrNO2S. The number of rotatable bonds is 4. The minimum Gasteiger partial charge on any atom is -0.381 e. The van der Waals surface area contributed by atoms with Crippen LogP contribution in [0, 0.1) is 0 Å². The van der Waals surface area contributed by atoms with E-state index in [1.54, 1.807) is 6.92 Å². The summed E-state index contributed by atoms with van der Waals surface area (Å²) in [4.78, 5) is 4.14. The molecule has 0 bridgehead atoms. The first-order chi connectivity index (χ1) is 6.06. The number of halogens is 1. The van der Waals surface area contributed by atoms with Crippen molar-refractivity contribution in [2.45, 2.75) is 19.4 Å². The van der Waals surface area contributed by atoms with E-state index in [1.807, 2.05) is 12.3 Å². The zero-order chi connectivity index (χ0) is 9.90. The van der Waals surface area contributed by atoms with Crippen molar-refractivity contribution in [2.75, 3.05) is 13.2 Å². The molecule has 1 aromatic heterocycles. The lowest BCUT2D eigenvalue weighted by Crippen LogP contribution is -2.27. The fraction of sp³-hybridized carbons (Fsp3) is 0.625. The van der Waals surface area contributed by atoms with Crippen molar-refractivity contribution < 1.29 is 9.84 Å². The largest absolute Gasteiger partial charge is 0.381 e. The number of hydrogen-bond acceptors (Lipinski definition) is 4. The molecule has 0 saturated heterocycles. The zero-order valence-corrected chi connectivity index (χ0v) is 9.98. The molecule has 3 nitrogen and oxygen atoms in total. The predicted octanol–water partition coefficient (Wildman–Crippen LogP) is 2.15. The van der Waals surface area contributed by atoms with Crippen LogP contribution in [0.5, 0.6) is 0 Å². The van der Waals surface area contributed by atoms with Crippen LogP contribution in [0.4, 0.5) is 0 Å². The van der Waals surface area contributed by atoms with Crippen LogP contribution in [0.3, 0.4) is 0 Å². The number of ether oxygens (including phenoxy) is 1. The Morgan fingerprint density at radius 2 is 2.46 bits per heavy atom. The molecule has 13 heavy (non-hydrogen) atoms. The number of nitrogens with zero attached hydrogens (tertiary/aromatic N) is 1. The van der Waals surface area contributed by atoms with Crippen LogP contribution < -0.4 is 0 Å². The monoisotopic (exact) mass is 265 g/mol. The second-order valence-electron chi connectivity index (χ2n) is 2.89. The normalized spacial score (nSPS) is 15.7. The second-order valence-corrected chi connectivity index (χ2v) is 4.56. The number of thiazole rings is 1. The Bertz CT molecular complexity index is 275. The maximum absolute atomic E-state index is 9.93. The molecule has 0 saturated carbocycles. The van der Waals surface area contributed by atoms with Gasteiger partial charge in [-0.2, -0.15) is 0 Å². The summed E-state index contributed by atoms with van der Waals surface area (Å²) >= 11 is 4.66. The van der Waals surface area contributed by atoms with E-state index in [9.17, 15) is 5.11 Å². The Labute approximate surface area is 89.9 Å². The third-order valence-corrected chi connectivity index (χ3v) is 3.33. The van der Waals surface area contributed by atoms with Gasteiger partial charge in [0.2, 0.25) is 0 Å². The summed E-state index contributed by atoms with van der Waals surface area (Å²) in [6, 6.07) is 0. The molecule has 1 atom stereocenters. The van der Waals surface area contributed by atoms with E-state index in [4.69, 9.17) is 4.74 Å². The third kappa shape index (κ3) is 3.02. The fourth-order valence-corrected chi connectivity index (χ4v) is 2.16. The van der Waals surface area contributed by atoms with Gasteiger partial charge in [-0.1, -0.05) is 0 Å². The van der Waals surface area contributed by atoms with E-state index in [-0.39, 0.29) is 6.61 Å². The lowest BCUT2D eigenvalue weighted by atomic mass is 10.1. The summed E-state index contributed by atoms with van der Waals surface area (Å²) in [5.74, 6) is 0. The van der Waals surface area contributed by atoms with Crippen LogP contribution in [-0.4, -0.2) is 23.3 Å². The Balaban J connectivity index is 2.68. The smallest absolute Gasteiger partial charge is 0.136 e. The molecule has 0 aliphatic rings. The summed E-state index contributed by atoms with van der Waals surface area (Å²) in [7, 11) is 0. The highest BCUT2D eigenvalue weighted by Crippen LogP contribution is 2.26. The lowest BCUT2D eigenvalue weighted by Gasteiger charge is -2.19. The summed E-state index contributed by atoms with van der Waals surface area (Å²) < 4.78 is 5.92. The van der Waals surface area contributed by atoms with E-state index in [0.717, 1.165) is 4.60 Å². The van der Waals surface area contributed by atoms with E-state index >= 15 is 0 Å². The summed E-state index contributed by atoms with van der Waals surface area (Å²) in [6.45, 7) is 4.48. The topological polar surface area (TPSA) is 42.4 Å². The minimum absolute atomic E-state index is 0.281. The molecule has 0 aromatic carbocycles. The summed E-state index contributed by atoms with van der Waals surface area (Å²) in [6.07, 6.45) is 0. The highest BCUT2D eigenvalue weighted by Gasteiger charge is 2.26. The molecule has 0 spiro atoms. The van der Waals surface area contributed by atoms with Crippen molar-refractivity contribution in [3.63, 3.8) is 0 Å². The van der Waals surface area contributed by atoms with Gasteiger partial charge in [-0.15, -0.1) is 11.3 Å². The van der Waals surface area contributed by atoms with Gasteiger partial charge in [0.15, 0.2) is 0 Å². The van der Waals surface area contributed by atoms with Gasteiger partial charge in [0, 0.05) is 12.0 Å². The minimum atomic E-state index is -0.979. The van der Waals surface area contributed by atoms with Gasteiger partial charge in [-0.05, 0) is 29.8 Å². The van der Waals surface area contributed by atoms with E-state index in [2.05, 4.69) is 20.9 Å². The van der Waals surface area contributed by atoms with Crippen LogP contribution in [0.2, 0.25) is 0 Å². The van der Waals surface area contributed by atoms with Crippen LogP contribution in [0.25, 0.3) is 0 Å². The van der Waals surface area contributed by atoms with Crippen molar-refractivity contribution in [3.8, 4) is 0 Å². The van der Waals surface area contributed by atoms with Gasteiger partial charge in [-0.3, -0.25) is 0 Å². The molecule has 74 valence electrons. The quantitative estimate of drug-likeness (QED) is 0.908. The molecule has 0 fully saturated rings. The summed E-state index contributed by atoms with van der Waals surface area (Å²) in [5, 5.41) is 12.4. The van der Waals surface area contributed by atoms with Crippen molar-refractivity contribution >= 4 is 27.3 Å². The third-order valence-electron chi connectivity index (χ3n) is 1.52. The van der Waals surface area contributed by atoms with Gasteiger partial charge in [-0.25, -0.2) is 4.98 Å². The lowest BCUT2D eigenvalue weighted by molar-refractivity contribution is -0.0345. The van der Waals surface area contributed by atoms with Gasteiger partial charge in [0.1, 0.15) is 15.2 Å². The van der Waals surface area contributed by atoms with Crippen molar-refractivity contribution in [2.24, 2.45) is 0 Å². The standard InChI is InChI=1S/C8H12BrNO2S/c1-3-12-5-8(2,11)7-10-6(9)4-13-7/h4,11H,3,5H2,1-2H3. The maximum atomic E-state index is 9.93. The van der Waals surface area contributed by atoms with E-state index < -0.39 is 5.60 Å². The highest BCUT2D eigenvalue weighted by atomic mass is 79.9. The molecule has 1 aromatic rings. The first kappa shape index (κ1) is 11.1. The molecule has 0 aliphatic carbocycles. The number of aromatic nitrogens is 1. The molecule has 1 heterocycles. The Hall–Kier alpha value is 0.0300. The molecule has 5 heteroatoms. The number of hydrogen-bond donors (Lipinski definition) is 1. The summed E-state index contributed by atoms with van der Waals surface area (Å²) in [5.41, 5.74) is -0.979. The Morgan fingerprint density at radius 1 is 1.77 bits per heavy atom. The van der Waals surface area contributed by atoms with Gasteiger partial charge >= 0.3 is 0 Å². The number of aliphatic hydroxyl groups is 1. The Kier molecular flexibility index (Phi) is 3.85. The maximum Gasteiger partial charge on any atom is 0.136 e. The SMILES string of the molecule is CCOCC(C)(O)c1nc(Br)cs1. The molecule has 0 aliphatic heterocycles. The first-order valence-electron chi connectivity index (χ1n) is 3.98. The molecule has 1 rings (SSSR count). The van der Waals surface area contributed by atoms with Crippen LogP contribution in [-0.2, 0) is 10.3 Å². The van der Waals surface area contributed by atoms with Crippen LogP contribution >= 0.6 is 27.3 Å². The first-order valence-corrected chi connectivity index (χ1v) is 5.65. The molecule has 0 amide bonds. The predicted molar refractivity (Wildman–Crippen MR) is 55.9 cm³/mol. The van der Waals surface area contributed by atoms with E-state index in [1.165, 1.54) is 11.3 Å². The van der Waals surface area contributed by atoms with Gasteiger partial charge < -0.3 is 9.84 Å². The fourth-order valence-electron chi connectivity index (χ4n) is 0.864. The van der Waals surface area contributed by atoms with E-state index in [0.29, 0.717) is 11.6 Å². The second kappa shape index (κ2) is 4.50. The molecular weight excluding hydrogens is 254 g/mol. The van der Waals surface area contributed by atoms with Crippen LogP contribution in [0.15, 0.2) is 9.98 Å². The van der Waals surface area contributed by atoms with Crippen molar-refractivity contribution in [1.82, 2.24) is 4.98 Å². The van der Waals surface area contributed by atoms with Gasteiger partial charge in [0.25, 0.3) is 0 Å². The average Bonchev–Trinajstić information content (AvgIpc) is 2.49. The molecule has 0 radical (unpaired) electrons. The van der Waals surface area contributed by atoms with Crippen molar-refractivity contribution in [3.05, 3.63) is 15.0 Å². The van der Waals surface area contributed by atoms with Crippen molar-refractivity contribution in [1.29, 1.82) is 0 Å². The average molecular weight is 266 g/mol. The van der Waals surface area contributed by atoms with Crippen LogP contribution in [0.1, 0.15) is 18.9 Å². The van der Waals surface area contributed by atoms with Gasteiger partial charge in [0.05, 0.1) is 6.61 Å². The highest BCUT2D eigenvalue weighted by molar-refractivity contribution is 9.10. The zero-order valence-electron chi connectivity index (χ0n) is 7.58.